The number of carbonyl (C=O) groups excluding carboxylic acids is 1. The van der Waals surface area contributed by atoms with Gasteiger partial charge in [0.25, 0.3) is 5.91 Å². The summed E-state index contributed by atoms with van der Waals surface area (Å²) in [5, 5.41) is 11.3. The molecule has 0 unspecified atom stereocenters. The Morgan fingerprint density at radius 3 is 2.48 bits per heavy atom. The second kappa shape index (κ2) is 5.69. The quantitative estimate of drug-likeness (QED) is 0.740. The maximum atomic E-state index is 12.0. The van der Waals surface area contributed by atoms with Crippen LogP contribution in [0.4, 0.5) is 11.4 Å². The van der Waals surface area contributed by atoms with Crippen molar-refractivity contribution in [2.24, 2.45) is 5.14 Å². The maximum Gasteiger partial charge on any atom is 0.257 e. The minimum Gasteiger partial charge on any atom is -0.361 e. The van der Waals surface area contributed by atoms with Crippen molar-refractivity contribution in [2.75, 3.05) is 10.6 Å². The van der Waals surface area contributed by atoms with E-state index in [0.717, 1.165) is 0 Å². The highest BCUT2D eigenvalue weighted by molar-refractivity contribution is 7.89. The molecular weight excluding hydrogens is 338 g/mol. The second-order valence-electron chi connectivity index (χ2n) is 4.92. The van der Waals surface area contributed by atoms with Crippen LogP contribution >= 0.6 is 11.6 Å². The summed E-state index contributed by atoms with van der Waals surface area (Å²) < 4.78 is 22.4. The van der Waals surface area contributed by atoms with E-state index in [1.807, 2.05) is 0 Å². The molecule has 2 aromatic rings. The van der Waals surface area contributed by atoms with Gasteiger partial charge in [-0.1, -0.05) is 11.6 Å². The summed E-state index contributed by atoms with van der Waals surface area (Å²) in [6.45, 7) is 0. The number of halogens is 1. The third-order valence-electron chi connectivity index (χ3n) is 3.33. The van der Waals surface area contributed by atoms with Crippen LogP contribution in [0.2, 0.25) is 5.02 Å². The predicted molar refractivity (Wildman–Crippen MR) is 89.5 cm³/mol. The summed E-state index contributed by atoms with van der Waals surface area (Å²) in [5.74, 6) is -0.240. The van der Waals surface area contributed by atoms with E-state index in [1.54, 1.807) is 36.5 Å². The Bertz CT molecular complexity index is 921. The molecule has 0 aromatic heterocycles. The highest BCUT2D eigenvalue weighted by Gasteiger charge is 2.24. The van der Waals surface area contributed by atoms with Crippen LogP contribution < -0.4 is 15.8 Å². The molecule has 1 amide bonds. The lowest BCUT2D eigenvalue weighted by atomic mass is 10.1. The number of nitrogens with two attached hydrogens (primary N) is 1. The van der Waals surface area contributed by atoms with Crippen molar-refractivity contribution in [3.05, 3.63) is 59.3 Å². The van der Waals surface area contributed by atoms with Gasteiger partial charge in [-0.25, -0.2) is 13.6 Å². The number of amides is 1. The van der Waals surface area contributed by atoms with Crippen molar-refractivity contribution in [1.29, 1.82) is 0 Å². The van der Waals surface area contributed by atoms with Crippen molar-refractivity contribution in [3.63, 3.8) is 0 Å². The fraction of sp³-hybridized carbons (Fsp3) is 0. The first-order valence-corrected chi connectivity index (χ1v) is 8.48. The van der Waals surface area contributed by atoms with E-state index < -0.39 is 10.0 Å². The van der Waals surface area contributed by atoms with Gasteiger partial charge in [-0.15, -0.1) is 0 Å². The molecule has 1 heterocycles. The third-order valence-corrected chi connectivity index (χ3v) is 4.49. The molecule has 3 rings (SSSR count). The number of benzene rings is 2. The summed E-state index contributed by atoms with van der Waals surface area (Å²) >= 11 is 5.96. The summed E-state index contributed by atoms with van der Waals surface area (Å²) in [6.07, 6.45) is 1.55. The van der Waals surface area contributed by atoms with Gasteiger partial charge in [0.2, 0.25) is 10.0 Å². The normalized spacial score (nSPS) is 15.4. The molecule has 1 aliphatic rings. The van der Waals surface area contributed by atoms with E-state index in [4.69, 9.17) is 16.7 Å². The standard InChI is InChI=1S/C15H12ClN3O3S/c16-9-1-6-14-12(7-9)13(15(20)19-14)8-18-10-2-4-11(5-3-10)23(17,21)22/h1-8,18H,(H,19,20)(H2,17,21,22). The van der Waals surface area contributed by atoms with E-state index >= 15 is 0 Å². The Labute approximate surface area is 138 Å². The molecule has 0 saturated carbocycles. The molecule has 0 aliphatic carbocycles. The number of hydrogen-bond acceptors (Lipinski definition) is 4. The average Bonchev–Trinajstić information content (AvgIpc) is 2.79. The van der Waals surface area contributed by atoms with Crippen LogP contribution in [0.15, 0.2) is 53.6 Å². The number of rotatable bonds is 3. The zero-order chi connectivity index (χ0) is 16.6. The molecular formula is C15H12ClN3O3S. The van der Waals surface area contributed by atoms with E-state index in [1.165, 1.54) is 12.1 Å². The number of fused-ring (bicyclic) bond motifs is 1. The molecule has 23 heavy (non-hydrogen) atoms. The van der Waals surface area contributed by atoms with Crippen molar-refractivity contribution in [1.82, 2.24) is 0 Å². The molecule has 6 nitrogen and oxygen atoms in total. The Balaban J connectivity index is 1.86. The number of nitrogens with one attached hydrogen (secondary N) is 2. The molecule has 0 spiro atoms. The van der Waals surface area contributed by atoms with Gasteiger partial charge in [-0.3, -0.25) is 4.79 Å². The topological polar surface area (TPSA) is 101 Å². The monoisotopic (exact) mass is 349 g/mol. The Hall–Kier alpha value is -2.35. The lowest BCUT2D eigenvalue weighted by molar-refractivity contribution is -0.110. The largest absolute Gasteiger partial charge is 0.361 e. The molecule has 0 saturated heterocycles. The van der Waals surface area contributed by atoms with Gasteiger partial charge in [-0.05, 0) is 42.5 Å². The minimum absolute atomic E-state index is 0.0199. The van der Waals surface area contributed by atoms with Crippen LogP contribution in [-0.4, -0.2) is 14.3 Å². The number of sulfonamides is 1. The SMILES string of the molecule is NS(=O)(=O)c1ccc(NC=C2C(=O)Nc3ccc(Cl)cc32)cc1. The number of carbonyl (C=O) groups is 1. The van der Waals surface area contributed by atoms with E-state index in [-0.39, 0.29) is 10.8 Å². The molecule has 0 bridgehead atoms. The van der Waals surface area contributed by atoms with Crippen molar-refractivity contribution in [3.8, 4) is 0 Å². The zero-order valence-corrected chi connectivity index (χ0v) is 13.3. The minimum atomic E-state index is -3.73. The van der Waals surface area contributed by atoms with Crippen LogP contribution in [-0.2, 0) is 14.8 Å². The second-order valence-corrected chi connectivity index (χ2v) is 6.91. The summed E-state index contributed by atoms with van der Waals surface area (Å²) in [6, 6.07) is 11.0. The van der Waals surface area contributed by atoms with E-state index in [0.29, 0.717) is 27.5 Å². The van der Waals surface area contributed by atoms with Gasteiger partial charge in [0, 0.05) is 28.2 Å². The summed E-state index contributed by atoms with van der Waals surface area (Å²) in [5.41, 5.74) is 2.46. The fourth-order valence-electron chi connectivity index (χ4n) is 2.20. The van der Waals surface area contributed by atoms with Gasteiger partial charge in [0.15, 0.2) is 0 Å². The highest BCUT2D eigenvalue weighted by Crippen LogP contribution is 2.33. The first-order chi connectivity index (χ1) is 10.8. The van der Waals surface area contributed by atoms with E-state index in [9.17, 15) is 13.2 Å². The van der Waals surface area contributed by atoms with Gasteiger partial charge in [-0.2, -0.15) is 0 Å². The molecule has 0 atom stereocenters. The molecule has 1 aliphatic heterocycles. The van der Waals surface area contributed by atoms with Crippen molar-refractivity contribution in [2.45, 2.75) is 4.90 Å². The fourth-order valence-corrected chi connectivity index (χ4v) is 2.89. The lowest BCUT2D eigenvalue weighted by Gasteiger charge is -2.04. The zero-order valence-electron chi connectivity index (χ0n) is 11.7. The molecule has 2 aromatic carbocycles. The Morgan fingerprint density at radius 1 is 1.13 bits per heavy atom. The predicted octanol–water partition coefficient (Wildman–Crippen LogP) is 2.39. The smallest absolute Gasteiger partial charge is 0.257 e. The highest BCUT2D eigenvalue weighted by atomic mass is 35.5. The van der Waals surface area contributed by atoms with Crippen LogP contribution in [0, 0.1) is 0 Å². The molecule has 4 N–H and O–H groups in total. The van der Waals surface area contributed by atoms with E-state index in [2.05, 4.69) is 10.6 Å². The maximum absolute atomic E-state index is 12.0. The van der Waals surface area contributed by atoms with Gasteiger partial charge >= 0.3 is 0 Å². The summed E-state index contributed by atoms with van der Waals surface area (Å²) in [7, 11) is -3.73. The van der Waals surface area contributed by atoms with Gasteiger partial charge < -0.3 is 10.6 Å². The van der Waals surface area contributed by atoms with Crippen LogP contribution in [0.1, 0.15) is 5.56 Å². The summed E-state index contributed by atoms with van der Waals surface area (Å²) in [4.78, 5) is 12.0. The number of primary sulfonamides is 1. The van der Waals surface area contributed by atoms with Crippen LogP contribution in [0.3, 0.4) is 0 Å². The Kier molecular flexibility index (Phi) is 3.85. The first kappa shape index (κ1) is 15.5. The molecule has 8 heteroatoms. The lowest BCUT2D eigenvalue weighted by Crippen LogP contribution is -2.11. The van der Waals surface area contributed by atoms with Crippen molar-refractivity contribution >= 4 is 44.5 Å². The van der Waals surface area contributed by atoms with Crippen LogP contribution in [0.25, 0.3) is 5.57 Å². The first-order valence-electron chi connectivity index (χ1n) is 6.55. The average molecular weight is 350 g/mol. The molecule has 0 fully saturated rings. The number of hydrogen-bond donors (Lipinski definition) is 3. The van der Waals surface area contributed by atoms with Crippen molar-refractivity contribution < 1.29 is 13.2 Å². The third kappa shape index (κ3) is 3.21. The number of anilines is 2. The van der Waals surface area contributed by atoms with Gasteiger partial charge in [0.05, 0.1) is 10.5 Å². The molecule has 118 valence electrons. The Morgan fingerprint density at radius 2 is 1.83 bits per heavy atom. The van der Waals surface area contributed by atoms with Crippen LogP contribution in [0.5, 0.6) is 0 Å². The van der Waals surface area contributed by atoms with Gasteiger partial charge in [0.1, 0.15) is 0 Å². The molecule has 0 radical (unpaired) electrons.